The highest BCUT2D eigenvalue weighted by molar-refractivity contribution is 6.10. The number of benzene rings is 9. The average molecular weight is 822 g/mol. The van der Waals surface area contributed by atoms with Crippen molar-refractivity contribution in [2.75, 3.05) is 4.90 Å². The minimum atomic E-state index is -0.426. The van der Waals surface area contributed by atoms with Gasteiger partial charge in [0.05, 0.1) is 6.04 Å². The molecule has 1 aromatic heterocycles. The lowest BCUT2D eigenvalue weighted by atomic mass is 9.70. The summed E-state index contributed by atoms with van der Waals surface area (Å²) in [5, 5.41) is 4.72. The summed E-state index contributed by atoms with van der Waals surface area (Å²) in [6, 6.07) is 73.3. The molecular formula is C62H47NO. The molecule has 0 fully saturated rings. The van der Waals surface area contributed by atoms with Crippen LogP contribution in [0.15, 0.2) is 229 Å². The van der Waals surface area contributed by atoms with E-state index in [9.17, 15) is 0 Å². The summed E-state index contributed by atoms with van der Waals surface area (Å²) in [7, 11) is 0. The van der Waals surface area contributed by atoms with Gasteiger partial charge in [0, 0.05) is 44.1 Å². The van der Waals surface area contributed by atoms with Gasteiger partial charge in [-0.25, -0.2) is 0 Å². The first-order valence-corrected chi connectivity index (χ1v) is 22.5. The maximum absolute atomic E-state index is 6.64. The van der Waals surface area contributed by atoms with E-state index in [-0.39, 0.29) is 11.5 Å². The van der Waals surface area contributed by atoms with E-state index in [0.29, 0.717) is 0 Å². The highest BCUT2D eigenvalue weighted by atomic mass is 16.3. The van der Waals surface area contributed by atoms with Gasteiger partial charge in [0.25, 0.3) is 0 Å². The summed E-state index contributed by atoms with van der Waals surface area (Å²) < 4.78 is 6.64. The van der Waals surface area contributed by atoms with E-state index < -0.39 is 5.41 Å². The van der Waals surface area contributed by atoms with Crippen LogP contribution in [-0.2, 0) is 10.8 Å². The van der Waals surface area contributed by atoms with Gasteiger partial charge in [-0.2, -0.15) is 0 Å². The second-order valence-corrected chi connectivity index (χ2v) is 18.2. The molecule has 2 atom stereocenters. The summed E-state index contributed by atoms with van der Waals surface area (Å²) in [5.41, 5.74) is 17.2. The Morgan fingerprint density at radius 1 is 0.469 bits per heavy atom. The van der Waals surface area contributed by atoms with Crippen molar-refractivity contribution in [3.63, 3.8) is 0 Å². The molecule has 10 aromatic rings. The third-order valence-electron chi connectivity index (χ3n) is 14.2. The molecule has 0 saturated heterocycles. The van der Waals surface area contributed by atoms with Crippen molar-refractivity contribution < 1.29 is 4.42 Å². The fourth-order valence-corrected chi connectivity index (χ4v) is 11.0. The number of hydrogen-bond donors (Lipinski definition) is 0. The second kappa shape index (κ2) is 14.7. The summed E-state index contributed by atoms with van der Waals surface area (Å²) in [5.74, 6) is 0. The van der Waals surface area contributed by atoms with Crippen molar-refractivity contribution in [2.24, 2.45) is 0 Å². The number of hydrogen-bond acceptors (Lipinski definition) is 2. The Hall–Kier alpha value is -7.68. The van der Waals surface area contributed by atoms with Crippen LogP contribution >= 0.6 is 0 Å². The lowest BCUT2D eigenvalue weighted by Gasteiger charge is -2.45. The van der Waals surface area contributed by atoms with Crippen LogP contribution in [-0.4, -0.2) is 6.04 Å². The normalized spacial score (nSPS) is 17.2. The van der Waals surface area contributed by atoms with Gasteiger partial charge in [-0.3, -0.25) is 0 Å². The van der Waals surface area contributed by atoms with Gasteiger partial charge < -0.3 is 9.32 Å². The predicted octanol–water partition coefficient (Wildman–Crippen LogP) is 16.6. The van der Waals surface area contributed by atoms with Gasteiger partial charge in [-0.1, -0.05) is 214 Å². The van der Waals surface area contributed by atoms with Gasteiger partial charge in [0.1, 0.15) is 11.2 Å². The molecule has 0 radical (unpaired) electrons. The Kier molecular flexibility index (Phi) is 8.74. The van der Waals surface area contributed by atoms with Crippen LogP contribution in [0.4, 0.5) is 11.4 Å². The fourth-order valence-electron chi connectivity index (χ4n) is 11.0. The van der Waals surface area contributed by atoms with Crippen molar-refractivity contribution in [2.45, 2.75) is 37.6 Å². The van der Waals surface area contributed by atoms with Gasteiger partial charge in [-0.05, 0) is 92.0 Å². The van der Waals surface area contributed by atoms with Crippen molar-refractivity contribution in [1.29, 1.82) is 0 Å². The number of nitrogens with zero attached hydrogens (tertiary/aromatic N) is 1. The standard InChI is InChI=1S/C62H47NO/c1-61(2)54-32-10-7-25-48(54)49-37-36-44(40-55(49)61)62(3)38-14-13-35-58(62)63(45-24-15-23-43(39-45)47-29-18-31-53-51-27-9-12-34-57(51)64-60(47)53)56-33-11-8-26-50(56)52-30-17-22-42-21-16-28-46(59(42)52)41-19-5-4-6-20-41/h4-40,58H,1-3H3. The molecule has 2 aliphatic carbocycles. The molecule has 2 aliphatic rings. The summed E-state index contributed by atoms with van der Waals surface area (Å²) in [6.07, 6.45) is 9.31. The molecule has 2 heteroatoms. The zero-order valence-electron chi connectivity index (χ0n) is 36.3. The number of furan rings is 1. The summed E-state index contributed by atoms with van der Waals surface area (Å²) >= 11 is 0. The minimum Gasteiger partial charge on any atom is -0.455 e. The molecule has 0 N–H and O–H groups in total. The number of fused-ring (bicyclic) bond motifs is 7. The van der Waals surface area contributed by atoms with Gasteiger partial charge in [0.15, 0.2) is 0 Å². The molecule has 12 rings (SSSR count). The third kappa shape index (κ3) is 5.86. The highest BCUT2D eigenvalue weighted by Gasteiger charge is 2.42. The minimum absolute atomic E-state index is 0.107. The lowest BCUT2D eigenvalue weighted by Crippen LogP contribution is -2.46. The molecule has 2 nitrogen and oxygen atoms in total. The first-order chi connectivity index (χ1) is 31.4. The van der Waals surface area contributed by atoms with Crippen LogP contribution in [0.25, 0.3) is 77.2 Å². The topological polar surface area (TPSA) is 16.4 Å². The zero-order chi connectivity index (χ0) is 43.0. The van der Waals surface area contributed by atoms with Crippen molar-refractivity contribution in [3.05, 3.63) is 241 Å². The summed E-state index contributed by atoms with van der Waals surface area (Å²) in [6.45, 7) is 7.18. The SMILES string of the molecule is CC1(C)c2ccccc2-c2ccc(C3(C)C=CC=CC3N(c3cccc(-c4cccc5c4oc4ccccc45)c3)c3ccccc3-c3cccc4cccc(-c5ccccc5)c34)cc21. The zero-order valence-corrected chi connectivity index (χ0v) is 36.3. The lowest BCUT2D eigenvalue weighted by molar-refractivity contribution is 0.509. The van der Waals surface area contributed by atoms with E-state index in [1.807, 2.05) is 6.07 Å². The maximum Gasteiger partial charge on any atom is 0.143 e. The maximum atomic E-state index is 6.64. The molecule has 0 saturated carbocycles. The molecule has 64 heavy (non-hydrogen) atoms. The third-order valence-corrected chi connectivity index (χ3v) is 14.2. The van der Waals surface area contributed by atoms with Gasteiger partial charge in [-0.15, -0.1) is 0 Å². The van der Waals surface area contributed by atoms with Crippen LogP contribution in [0.5, 0.6) is 0 Å². The molecule has 0 bridgehead atoms. The molecule has 2 unspecified atom stereocenters. The number of para-hydroxylation sites is 3. The largest absolute Gasteiger partial charge is 0.455 e. The highest BCUT2D eigenvalue weighted by Crippen LogP contribution is 2.52. The van der Waals surface area contributed by atoms with E-state index in [4.69, 9.17) is 4.42 Å². The van der Waals surface area contributed by atoms with Crippen LogP contribution in [0.2, 0.25) is 0 Å². The quantitative estimate of drug-likeness (QED) is 0.159. The Balaban J connectivity index is 1.09. The molecule has 9 aromatic carbocycles. The van der Waals surface area contributed by atoms with Crippen molar-refractivity contribution >= 4 is 44.1 Å². The Bertz CT molecular complexity index is 3510. The molecule has 0 amide bonds. The second-order valence-electron chi connectivity index (χ2n) is 18.2. The molecular weight excluding hydrogens is 775 g/mol. The number of allylic oxidation sites excluding steroid dienone is 2. The van der Waals surface area contributed by atoms with Crippen LogP contribution in [0.1, 0.15) is 37.5 Å². The number of anilines is 2. The summed E-state index contributed by atoms with van der Waals surface area (Å²) in [4.78, 5) is 2.61. The van der Waals surface area contributed by atoms with Crippen molar-refractivity contribution in [3.8, 4) is 44.5 Å². The Morgan fingerprint density at radius 3 is 2.00 bits per heavy atom. The van der Waals surface area contributed by atoms with Gasteiger partial charge in [0.2, 0.25) is 0 Å². The Morgan fingerprint density at radius 2 is 1.12 bits per heavy atom. The van der Waals surface area contributed by atoms with Crippen LogP contribution in [0.3, 0.4) is 0 Å². The van der Waals surface area contributed by atoms with Gasteiger partial charge >= 0.3 is 0 Å². The monoisotopic (exact) mass is 821 g/mol. The van der Waals surface area contributed by atoms with E-state index >= 15 is 0 Å². The van der Waals surface area contributed by atoms with E-state index in [1.165, 1.54) is 60.8 Å². The first-order valence-electron chi connectivity index (χ1n) is 22.5. The Labute approximate surface area is 375 Å². The fraction of sp³-hybridized carbons (Fsp3) is 0.0968. The molecule has 306 valence electrons. The molecule has 0 aliphatic heterocycles. The average Bonchev–Trinajstić information content (AvgIpc) is 3.84. The molecule has 1 heterocycles. The predicted molar refractivity (Wildman–Crippen MR) is 270 cm³/mol. The van der Waals surface area contributed by atoms with Crippen LogP contribution in [0, 0.1) is 0 Å². The van der Waals surface area contributed by atoms with Crippen molar-refractivity contribution in [1.82, 2.24) is 0 Å². The number of rotatable bonds is 7. The first kappa shape index (κ1) is 38.0. The van der Waals surface area contributed by atoms with E-state index in [1.54, 1.807) is 0 Å². The van der Waals surface area contributed by atoms with E-state index in [2.05, 4.69) is 244 Å². The molecule has 0 spiro atoms. The smallest absolute Gasteiger partial charge is 0.143 e. The van der Waals surface area contributed by atoms with Crippen LogP contribution < -0.4 is 4.90 Å². The van der Waals surface area contributed by atoms with E-state index in [0.717, 1.165) is 44.4 Å².